The van der Waals surface area contributed by atoms with Crippen molar-refractivity contribution in [3.63, 3.8) is 0 Å². The molecule has 1 N–H and O–H groups in total. The van der Waals surface area contributed by atoms with Crippen molar-refractivity contribution in [2.75, 3.05) is 13.7 Å². The van der Waals surface area contributed by atoms with E-state index in [1.165, 1.54) is 25.4 Å². The van der Waals surface area contributed by atoms with Crippen molar-refractivity contribution in [3.05, 3.63) is 83.9 Å². The number of hydrogen-bond acceptors (Lipinski definition) is 4. The zero-order valence-corrected chi connectivity index (χ0v) is 19.2. The molecule has 0 radical (unpaired) electrons. The SMILES string of the molecule is COc1cc(-c2cnc(-c3ccc(F)nc3)[nH]2)ccc1OC/C1=C(F)/C=C(C(F)(F)F)\C=C/CCC1. The monoisotopic (exact) mass is 503 g/mol. The Morgan fingerprint density at radius 3 is 2.53 bits per heavy atom. The molecule has 0 bridgehead atoms. The molecule has 1 aliphatic rings. The molecule has 4 rings (SSSR count). The van der Waals surface area contributed by atoms with Crippen LogP contribution in [0, 0.1) is 5.95 Å². The van der Waals surface area contributed by atoms with Gasteiger partial charge in [-0.05, 0) is 55.7 Å². The summed E-state index contributed by atoms with van der Waals surface area (Å²) in [6.07, 6.45) is 2.26. The fourth-order valence-electron chi connectivity index (χ4n) is 3.62. The van der Waals surface area contributed by atoms with Crippen LogP contribution in [0.15, 0.2) is 77.9 Å². The Kier molecular flexibility index (Phi) is 7.52. The number of methoxy groups -OCH3 is 1. The first-order valence-corrected chi connectivity index (χ1v) is 11.1. The first kappa shape index (κ1) is 25.2. The van der Waals surface area contributed by atoms with Crippen LogP contribution in [-0.2, 0) is 0 Å². The molecule has 2 heterocycles. The summed E-state index contributed by atoms with van der Waals surface area (Å²) in [4.78, 5) is 11.0. The maximum atomic E-state index is 14.7. The van der Waals surface area contributed by atoms with Crippen LogP contribution in [0.5, 0.6) is 11.5 Å². The van der Waals surface area contributed by atoms with Crippen LogP contribution in [0.3, 0.4) is 0 Å². The number of rotatable bonds is 6. The summed E-state index contributed by atoms with van der Waals surface area (Å²) in [5.74, 6) is -0.388. The molecule has 0 saturated carbocycles. The molecule has 0 amide bonds. The third kappa shape index (κ3) is 5.99. The minimum absolute atomic E-state index is 0.137. The normalized spacial score (nSPS) is 19.0. The topological polar surface area (TPSA) is 60.0 Å². The zero-order chi connectivity index (χ0) is 25.7. The molecule has 2 aromatic heterocycles. The van der Waals surface area contributed by atoms with E-state index in [0.717, 1.165) is 6.08 Å². The van der Waals surface area contributed by atoms with Gasteiger partial charge in [0.25, 0.3) is 0 Å². The number of allylic oxidation sites excluding steroid dienone is 5. The van der Waals surface area contributed by atoms with Gasteiger partial charge in [-0.15, -0.1) is 0 Å². The predicted molar refractivity (Wildman–Crippen MR) is 125 cm³/mol. The lowest BCUT2D eigenvalue weighted by atomic mass is 10.1. The number of benzene rings is 1. The van der Waals surface area contributed by atoms with Crippen molar-refractivity contribution in [1.82, 2.24) is 15.0 Å². The van der Waals surface area contributed by atoms with Crippen LogP contribution >= 0.6 is 0 Å². The number of alkyl halides is 3. The minimum atomic E-state index is -4.65. The summed E-state index contributed by atoms with van der Waals surface area (Å²) in [7, 11) is 1.44. The van der Waals surface area contributed by atoms with E-state index in [0.29, 0.717) is 53.1 Å². The molecule has 0 fully saturated rings. The van der Waals surface area contributed by atoms with E-state index in [9.17, 15) is 22.0 Å². The van der Waals surface area contributed by atoms with Gasteiger partial charge in [0.1, 0.15) is 18.3 Å². The molecule has 3 aromatic rings. The molecule has 0 aliphatic heterocycles. The fraction of sp³-hybridized carbons (Fsp3) is 0.231. The average Bonchev–Trinajstić information content (AvgIpc) is 3.37. The number of halogens is 5. The van der Waals surface area contributed by atoms with Gasteiger partial charge in [0.2, 0.25) is 5.95 Å². The van der Waals surface area contributed by atoms with Gasteiger partial charge in [-0.1, -0.05) is 12.2 Å². The minimum Gasteiger partial charge on any atom is -0.493 e. The van der Waals surface area contributed by atoms with Gasteiger partial charge < -0.3 is 14.5 Å². The number of imidazole rings is 1. The molecular formula is C26H22F5N3O2. The fourth-order valence-corrected chi connectivity index (χ4v) is 3.62. The van der Waals surface area contributed by atoms with E-state index < -0.39 is 23.5 Å². The number of H-pyrrole nitrogens is 1. The number of pyridine rings is 1. The van der Waals surface area contributed by atoms with E-state index >= 15 is 0 Å². The highest BCUT2D eigenvalue weighted by molar-refractivity contribution is 5.67. The van der Waals surface area contributed by atoms with Crippen molar-refractivity contribution in [2.24, 2.45) is 0 Å². The Morgan fingerprint density at radius 2 is 1.81 bits per heavy atom. The number of nitrogens with zero attached hydrogens (tertiary/aromatic N) is 2. The smallest absolute Gasteiger partial charge is 0.416 e. The van der Waals surface area contributed by atoms with Crippen LogP contribution in [0.4, 0.5) is 22.0 Å². The van der Waals surface area contributed by atoms with Gasteiger partial charge in [0.15, 0.2) is 11.5 Å². The standard InChI is InChI=1S/C26H22F5N3O2/c1-35-23-11-16(21-14-33-25(34-21)17-8-10-24(28)32-13-17)7-9-22(23)36-15-18-5-3-2-4-6-19(12-20(18)27)26(29,30)31/h4,6-14H,2-3,5,15H2,1H3,(H,33,34)/b6-4-,19-12+,20-18-. The summed E-state index contributed by atoms with van der Waals surface area (Å²) in [6, 6.07) is 7.84. The molecular weight excluding hydrogens is 481 g/mol. The van der Waals surface area contributed by atoms with Crippen molar-refractivity contribution < 1.29 is 31.4 Å². The Hall–Kier alpha value is -3.95. The van der Waals surface area contributed by atoms with Crippen molar-refractivity contribution in [2.45, 2.75) is 25.4 Å². The van der Waals surface area contributed by atoms with Gasteiger partial charge in [-0.25, -0.2) is 14.4 Å². The third-order valence-electron chi connectivity index (χ3n) is 5.55. The lowest BCUT2D eigenvalue weighted by Gasteiger charge is -2.14. The van der Waals surface area contributed by atoms with E-state index in [1.807, 2.05) is 0 Å². The molecule has 36 heavy (non-hydrogen) atoms. The van der Waals surface area contributed by atoms with Crippen LogP contribution in [0.25, 0.3) is 22.6 Å². The van der Waals surface area contributed by atoms with Gasteiger partial charge in [-0.2, -0.15) is 17.6 Å². The second-order valence-corrected chi connectivity index (χ2v) is 8.01. The third-order valence-corrected chi connectivity index (χ3v) is 5.55. The van der Waals surface area contributed by atoms with Gasteiger partial charge in [0, 0.05) is 22.9 Å². The molecule has 1 aromatic carbocycles. The molecule has 188 valence electrons. The largest absolute Gasteiger partial charge is 0.493 e. The predicted octanol–water partition coefficient (Wildman–Crippen LogP) is 7.12. The van der Waals surface area contributed by atoms with Crippen LogP contribution < -0.4 is 9.47 Å². The second-order valence-electron chi connectivity index (χ2n) is 8.01. The summed E-state index contributed by atoms with van der Waals surface area (Å²) < 4.78 is 78.4. The van der Waals surface area contributed by atoms with E-state index in [1.54, 1.807) is 30.5 Å². The molecule has 0 saturated heterocycles. The molecule has 0 spiro atoms. The van der Waals surface area contributed by atoms with Gasteiger partial charge in [0.05, 0.1) is 24.6 Å². The maximum Gasteiger partial charge on any atom is 0.416 e. The first-order chi connectivity index (χ1) is 17.2. The molecule has 10 heteroatoms. The van der Waals surface area contributed by atoms with Crippen molar-refractivity contribution >= 4 is 0 Å². The molecule has 0 atom stereocenters. The molecule has 0 unspecified atom stereocenters. The Bertz CT molecular complexity index is 1310. The highest BCUT2D eigenvalue weighted by Gasteiger charge is 2.32. The zero-order valence-electron chi connectivity index (χ0n) is 19.2. The summed E-state index contributed by atoms with van der Waals surface area (Å²) in [5.41, 5.74) is 1.07. The lowest BCUT2D eigenvalue weighted by molar-refractivity contribution is -0.0883. The van der Waals surface area contributed by atoms with E-state index in [-0.39, 0.29) is 18.6 Å². The lowest BCUT2D eigenvalue weighted by Crippen LogP contribution is -2.10. The Morgan fingerprint density at radius 1 is 1.00 bits per heavy atom. The van der Waals surface area contributed by atoms with E-state index in [2.05, 4.69) is 15.0 Å². The summed E-state index contributed by atoms with van der Waals surface area (Å²) in [5, 5.41) is 0. The highest BCUT2D eigenvalue weighted by atomic mass is 19.4. The first-order valence-electron chi connectivity index (χ1n) is 11.1. The Balaban J connectivity index is 1.53. The average molecular weight is 503 g/mol. The van der Waals surface area contributed by atoms with Crippen LogP contribution in [-0.4, -0.2) is 34.8 Å². The van der Waals surface area contributed by atoms with Crippen molar-refractivity contribution in [1.29, 1.82) is 0 Å². The second kappa shape index (κ2) is 10.8. The van der Waals surface area contributed by atoms with Crippen molar-refractivity contribution in [3.8, 4) is 34.1 Å². The quantitative estimate of drug-likeness (QED) is 0.288. The number of ether oxygens (including phenoxy) is 2. The number of aromatic nitrogens is 3. The van der Waals surface area contributed by atoms with E-state index in [4.69, 9.17) is 9.47 Å². The molecule has 1 aliphatic carbocycles. The van der Waals surface area contributed by atoms with Gasteiger partial charge in [-0.3, -0.25) is 0 Å². The summed E-state index contributed by atoms with van der Waals surface area (Å²) in [6.45, 7) is -0.227. The highest BCUT2D eigenvalue weighted by Crippen LogP contribution is 2.34. The molecule has 5 nitrogen and oxygen atoms in total. The Labute approximate surface area is 204 Å². The van der Waals surface area contributed by atoms with Crippen LogP contribution in [0.1, 0.15) is 19.3 Å². The maximum absolute atomic E-state index is 14.7. The van der Waals surface area contributed by atoms with Crippen LogP contribution in [0.2, 0.25) is 0 Å². The number of nitrogens with one attached hydrogen (secondary N) is 1. The van der Waals surface area contributed by atoms with Gasteiger partial charge >= 0.3 is 6.18 Å². The number of hydrogen-bond donors (Lipinski definition) is 1. The summed E-state index contributed by atoms with van der Waals surface area (Å²) >= 11 is 0. The number of aromatic amines is 1.